The second-order valence-electron chi connectivity index (χ2n) is 5.65. The van der Waals surface area contributed by atoms with Crippen LogP contribution in [0.15, 0.2) is 64.1 Å². The molecule has 2 aromatic carbocycles. The van der Waals surface area contributed by atoms with Crippen molar-refractivity contribution in [3.8, 4) is 17.1 Å². The first-order valence-corrected chi connectivity index (χ1v) is 8.81. The van der Waals surface area contributed by atoms with Crippen LogP contribution in [-0.4, -0.2) is 19.2 Å². The molecule has 0 fully saturated rings. The fourth-order valence-corrected chi connectivity index (χ4v) is 2.66. The lowest BCUT2D eigenvalue weighted by molar-refractivity contribution is -0.120. The van der Waals surface area contributed by atoms with Crippen LogP contribution in [0.5, 0.6) is 5.75 Å². The Morgan fingerprint density at radius 3 is 2.59 bits per heavy atom. The third-order valence-corrected chi connectivity index (χ3v) is 4.47. The standard InChI is InChI=1S/C20H16Cl2N2O3/c1-26-15-5-2-13(3-6-15)10-20(25)24-23-12-16-7-9-19(27-16)14-4-8-17(21)18(22)11-14/h2-9,11-12H,10H2,1H3,(H,24,25)/b23-12-. The Kier molecular flexibility index (Phi) is 6.16. The second-order valence-corrected chi connectivity index (χ2v) is 6.46. The van der Waals surface area contributed by atoms with E-state index in [2.05, 4.69) is 10.5 Å². The number of nitrogens with zero attached hydrogens (tertiary/aromatic N) is 1. The summed E-state index contributed by atoms with van der Waals surface area (Å²) >= 11 is 11.9. The number of methoxy groups -OCH3 is 1. The molecule has 138 valence electrons. The van der Waals surface area contributed by atoms with Crippen molar-refractivity contribution in [1.29, 1.82) is 0 Å². The topological polar surface area (TPSA) is 63.8 Å². The van der Waals surface area contributed by atoms with Crippen LogP contribution >= 0.6 is 23.2 Å². The number of hydrazone groups is 1. The highest BCUT2D eigenvalue weighted by Gasteiger charge is 2.07. The van der Waals surface area contributed by atoms with Gasteiger partial charge in [-0.05, 0) is 48.0 Å². The molecule has 1 N–H and O–H groups in total. The molecule has 0 aliphatic heterocycles. The SMILES string of the molecule is COc1ccc(CC(=O)N/N=C\c2ccc(-c3ccc(Cl)c(Cl)c3)o2)cc1. The molecule has 0 saturated carbocycles. The number of amides is 1. The summed E-state index contributed by atoms with van der Waals surface area (Å²) < 4.78 is 10.8. The minimum atomic E-state index is -0.229. The summed E-state index contributed by atoms with van der Waals surface area (Å²) in [6.07, 6.45) is 1.65. The van der Waals surface area contributed by atoms with Gasteiger partial charge in [-0.2, -0.15) is 5.10 Å². The third kappa shape index (κ3) is 5.12. The van der Waals surface area contributed by atoms with E-state index in [9.17, 15) is 4.79 Å². The van der Waals surface area contributed by atoms with E-state index in [4.69, 9.17) is 32.4 Å². The van der Waals surface area contributed by atoms with Gasteiger partial charge in [0.25, 0.3) is 0 Å². The zero-order valence-electron chi connectivity index (χ0n) is 14.4. The van der Waals surface area contributed by atoms with Gasteiger partial charge in [0.15, 0.2) is 0 Å². The van der Waals surface area contributed by atoms with Gasteiger partial charge in [-0.1, -0.05) is 35.3 Å². The number of hydrogen-bond donors (Lipinski definition) is 1. The van der Waals surface area contributed by atoms with Crippen LogP contribution in [0.2, 0.25) is 10.0 Å². The molecule has 0 bridgehead atoms. The summed E-state index contributed by atoms with van der Waals surface area (Å²) in [5.41, 5.74) is 4.14. The van der Waals surface area contributed by atoms with Gasteiger partial charge < -0.3 is 9.15 Å². The van der Waals surface area contributed by atoms with Gasteiger partial charge in [0.2, 0.25) is 5.91 Å². The summed E-state index contributed by atoms with van der Waals surface area (Å²) in [5, 5.41) is 4.85. The lowest BCUT2D eigenvalue weighted by Gasteiger charge is -2.02. The Hall–Kier alpha value is -2.76. The average Bonchev–Trinajstić information content (AvgIpc) is 3.13. The van der Waals surface area contributed by atoms with E-state index in [0.717, 1.165) is 16.9 Å². The van der Waals surface area contributed by atoms with Crippen LogP contribution in [0, 0.1) is 0 Å². The van der Waals surface area contributed by atoms with Gasteiger partial charge in [-0.15, -0.1) is 0 Å². The highest BCUT2D eigenvalue weighted by atomic mass is 35.5. The average molecular weight is 403 g/mol. The van der Waals surface area contributed by atoms with Gasteiger partial charge in [-0.25, -0.2) is 5.43 Å². The van der Waals surface area contributed by atoms with Crippen molar-refractivity contribution in [3.05, 3.63) is 76.0 Å². The lowest BCUT2D eigenvalue weighted by atomic mass is 10.1. The normalized spacial score (nSPS) is 10.9. The summed E-state index contributed by atoms with van der Waals surface area (Å²) in [7, 11) is 1.60. The van der Waals surface area contributed by atoms with E-state index >= 15 is 0 Å². The number of ether oxygens (including phenoxy) is 1. The van der Waals surface area contributed by atoms with E-state index in [1.807, 2.05) is 18.2 Å². The Morgan fingerprint density at radius 1 is 1.11 bits per heavy atom. The quantitative estimate of drug-likeness (QED) is 0.468. The zero-order valence-corrected chi connectivity index (χ0v) is 15.9. The predicted molar refractivity (Wildman–Crippen MR) is 107 cm³/mol. The fraction of sp³-hybridized carbons (Fsp3) is 0.100. The van der Waals surface area contributed by atoms with E-state index in [-0.39, 0.29) is 12.3 Å². The van der Waals surface area contributed by atoms with E-state index < -0.39 is 0 Å². The fourth-order valence-electron chi connectivity index (χ4n) is 2.36. The summed E-state index contributed by atoms with van der Waals surface area (Å²) in [5.74, 6) is 1.64. The lowest BCUT2D eigenvalue weighted by Crippen LogP contribution is -2.19. The number of halogens is 2. The van der Waals surface area contributed by atoms with Crippen LogP contribution in [0.25, 0.3) is 11.3 Å². The molecule has 0 spiro atoms. The smallest absolute Gasteiger partial charge is 0.244 e. The molecule has 7 heteroatoms. The van der Waals surface area contributed by atoms with Crippen molar-refractivity contribution in [2.75, 3.05) is 7.11 Å². The van der Waals surface area contributed by atoms with Gasteiger partial charge in [-0.3, -0.25) is 4.79 Å². The molecule has 1 heterocycles. The van der Waals surface area contributed by atoms with E-state index in [1.165, 1.54) is 6.21 Å². The molecule has 0 aliphatic rings. The Balaban J connectivity index is 1.57. The predicted octanol–water partition coefficient (Wildman–Crippen LogP) is 4.95. The summed E-state index contributed by atoms with van der Waals surface area (Å²) in [6.45, 7) is 0. The highest BCUT2D eigenvalue weighted by Crippen LogP contribution is 2.29. The molecule has 0 unspecified atom stereocenters. The summed E-state index contributed by atoms with van der Waals surface area (Å²) in [4.78, 5) is 11.9. The summed E-state index contributed by atoms with van der Waals surface area (Å²) in [6, 6.07) is 16.0. The maximum atomic E-state index is 11.9. The maximum absolute atomic E-state index is 11.9. The Labute approximate surface area is 166 Å². The first kappa shape index (κ1) is 19.0. The van der Waals surface area contributed by atoms with Gasteiger partial charge >= 0.3 is 0 Å². The third-order valence-electron chi connectivity index (χ3n) is 3.74. The van der Waals surface area contributed by atoms with Crippen LogP contribution in [-0.2, 0) is 11.2 Å². The molecule has 5 nitrogen and oxygen atoms in total. The van der Waals surface area contributed by atoms with Crippen molar-refractivity contribution < 1.29 is 13.9 Å². The molecular formula is C20H16Cl2N2O3. The van der Waals surface area contributed by atoms with Gasteiger partial charge in [0, 0.05) is 5.56 Å². The molecule has 0 radical (unpaired) electrons. The molecule has 27 heavy (non-hydrogen) atoms. The molecular weight excluding hydrogens is 387 g/mol. The van der Waals surface area contributed by atoms with Crippen molar-refractivity contribution in [2.24, 2.45) is 5.10 Å². The van der Waals surface area contributed by atoms with E-state index in [0.29, 0.717) is 21.6 Å². The number of rotatable bonds is 6. The van der Waals surface area contributed by atoms with Gasteiger partial charge in [0.05, 0.1) is 29.8 Å². The zero-order chi connectivity index (χ0) is 19.2. The maximum Gasteiger partial charge on any atom is 0.244 e. The number of carbonyl (C=O) groups is 1. The molecule has 3 aromatic rings. The highest BCUT2D eigenvalue weighted by molar-refractivity contribution is 6.42. The molecule has 0 aliphatic carbocycles. The molecule has 1 aromatic heterocycles. The van der Waals surface area contributed by atoms with Crippen LogP contribution in [0.3, 0.4) is 0 Å². The minimum absolute atomic E-state index is 0.216. The molecule has 3 rings (SSSR count). The molecule has 1 amide bonds. The largest absolute Gasteiger partial charge is 0.497 e. The number of nitrogens with one attached hydrogen (secondary N) is 1. The van der Waals surface area contributed by atoms with Crippen molar-refractivity contribution in [3.63, 3.8) is 0 Å². The number of carbonyl (C=O) groups excluding carboxylic acids is 1. The number of benzene rings is 2. The monoisotopic (exact) mass is 402 g/mol. The van der Waals surface area contributed by atoms with Crippen LogP contribution < -0.4 is 10.2 Å². The number of furan rings is 1. The molecule has 0 atom stereocenters. The van der Waals surface area contributed by atoms with Crippen LogP contribution in [0.4, 0.5) is 0 Å². The second kappa shape index (κ2) is 8.75. The molecule has 0 saturated heterocycles. The van der Waals surface area contributed by atoms with Crippen molar-refractivity contribution >= 4 is 35.3 Å². The van der Waals surface area contributed by atoms with E-state index in [1.54, 1.807) is 43.5 Å². The minimum Gasteiger partial charge on any atom is -0.497 e. The number of hydrogen-bond acceptors (Lipinski definition) is 4. The van der Waals surface area contributed by atoms with Crippen molar-refractivity contribution in [2.45, 2.75) is 6.42 Å². The Bertz CT molecular complexity index is 966. The van der Waals surface area contributed by atoms with Crippen LogP contribution in [0.1, 0.15) is 11.3 Å². The van der Waals surface area contributed by atoms with Gasteiger partial charge in [0.1, 0.15) is 17.3 Å². The Morgan fingerprint density at radius 2 is 1.89 bits per heavy atom. The first-order chi connectivity index (χ1) is 13.0. The van der Waals surface area contributed by atoms with Crippen molar-refractivity contribution in [1.82, 2.24) is 5.43 Å². The first-order valence-electron chi connectivity index (χ1n) is 8.05.